The smallest absolute Gasteiger partial charge is 0.419 e. The molecule has 0 aliphatic carbocycles. The number of nitrogens with zero attached hydrogens (tertiary/aromatic N) is 1. The Morgan fingerprint density at radius 3 is 2.45 bits per heavy atom. The molecule has 0 aliphatic heterocycles. The van der Waals surface area contributed by atoms with Crippen LogP contribution in [0.15, 0.2) is 57.7 Å². The second-order valence-corrected chi connectivity index (χ2v) is 7.59. The molecule has 1 aromatic heterocycles. The lowest BCUT2D eigenvalue weighted by Gasteiger charge is -2.23. The molecule has 8 nitrogen and oxygen atoms in total. The lowest BCUT2D eigenvalue weighted by Crippen LogP contribution is -2.40. The monoisotopic (exact) mass is 397 g/mol. The number of benzene rings is 2. The fourth-order valence-electron chi connectivity index (χ4n) is 2.80. The van der Waals surface area contributed by atoms with E-state index in [-0.39, 0.29) is 0 Å². The molecule has 0 saturated heterocycles. The van der Waals surface area contributed by atoms with Gasteiger partial charge < -0.3 is 19.8 Å². The lowest BCUT2D eigenvalue weighted by atomic mass is 10.1. The van der Waals surface area contributed by atoms with E-state index >= 15 is 0 Å². The zero-order chi connectivity index (χ0) is 21.2. The summed E-state index contributed by atoms with van der Waals surface area (Å²) in [6.45, 7) is 5.23. The van der Waals surface area contributed by atoms with Crippen LogP contribution in [0.4, 0.5) is 10.5 Å². The number of aryl methyl sites for hydroxylation is 1. The van der Waals surface area contributed by atoms with Crippen molar-refractivity contribution in [2.75, 3.05) is 5.32 Å². The minimum Gasteiger partial charge on any atom is -0.444 e. The molecule has 2 aromatic carbocycles. The number of oxazole rings is 1. The number of hydrogen-bond donors (Lipinski definition) is 2. The van der Waals surface area contributed by atoms with Crippen LogP contribution in [0, 0.1) is 0 Å². The van der Waals surface area contributed by atoms with Gasteiger partial charge in [-0.3, -0.25) is 9.36 Å². The van der Waals surface area contributed by atoms with Crippen molar-refractivity contribution >= 4 is 28.8 Å². The highest BCUT2D eigenvalue weighted by Crippen LogP contribution is 2.21. The Balaban J connectivity index is 1.84. The van der Waals surface area contributed by atoms with Crippen LogP contribution in [0.5, 0.6) is 0 Å². The molecule has 0 saturated carbocycles. The molecule has 3 aromatic rings. The summed E-state index contributed by atoms with van der Waals surface area (Å²) >= 11 is 0. The third-order valence-electron chi connectivity index (χ3n) is 4.12. The zero-order valence-corrected chi connectivity index (χ0v) is 16.7. The van der Waals surface area contributed by atoms with E-state index in [2.05, 4.69) is 10.6 Å². The van der Waals surface area contributed by atoms with Crippen LogP contribution in [0.1, 0.15) is 32.4 Å². The predicted molar refractivity (Wildman–Crippen MR) is 109 cm³/mol. The molecule has 2 amide bonds. The van der Waals surface area contributed by atoms with Gasteiger partial charge in [-0.15, -0.1) is 0 Å². The number of aromatic nitrogens is 1. The number of alkyl carbamates (subject to hydrolysis) is 1. The SMILES string of the molecule is Cn1c(=O)oc2cc(NC(=O)C(NC(=O)OC(C)(C)C)c3ccccc3)ccc21. The number of hydrogen-bond acceptors (Lipinski definition) is 5. The molecule has 2 N–H and O–H groups in total. The van der Waals surface area contributed by atoms with Gasteiger partial charge in [-0.25, -0.2) is 9.59 Å². The Bertz CT molecular complexity index is 1090. The van der Waals surface area contributed by atoms with Crippen molar-refractivity contribution < 1.29 is 18.7 Å². The number of ether oxygens (including phenoxy) is 1. The van der Waals surface area contributed by atoms with Gasteiger partial charge in [0, 0.05) is 18.8 Å². The average molecular weight is 397 g/mol. The van der Waals surface area contributed by atoms with E-state index in [0.717, 1.165) is 0 Å². The van der Waals surface area contributed by atoms with Crippen LogP contribution < -0.4 is 16.4 Å². The first-order chi connectivity index (χ1) is 13.6. The van der Waals surface area contributed by atoms with Gasteiger partial charge in [0.25, 0.3) is 5.91 Å². The number of anilines is 1. The maximum absolute atomic E-state index is 12.9. The molecule has 29 heavy (non-hydrogen) atoms. The van der Waals surface area contributed by atoms with E-state index in [1.165, 1.54) is 4.57 Å². The van der Waals surface area contributed by atoms with Crippen LogP contribution >= 0.6 is 0 Å². The topological polar surface area (TPSA) is 103 Å². The molecule has 1 unspecified atom stereocenters. The Morgan fingerprint density at radius 1 is 1.10 bits per heavy atom. The fourth-order valence-corrected chi connectivity index (χ4v) is 2.80. The third-order valence-corrected chi connectivity index (χ3v) is 4.12. The quantitative estimate of drug-likeness (QED) is 0.703. The molecule has 0 radical (unpaired) electrons. The van der Waals surface area contributed by atoms with E-state index < -0.39 is 29.4 Å². The zero-order valence-electron chi connectivity index (χ0n) is 16.7. The summed E-state index contributed by atoms with van der Waals surface area (Å²) in [4.78, 5) is 36.8. The molecule has 0 fully saturated rings. The maximum Gasteiger partial charge on any atom is 0.419 e. The summed E-state index contributed by atoms with van der Waals surface area (Å²) < 4.78 is 11.8. The first-order valence-electron chi connectivity index (χ1n) is 9.09. The van der Waals surface area contributed by atoms with E-state index in [9.17, 15) is 14.4 Å². The first-order valence-corrected chi connectivity index (χ1v) is 9.09. The van der Waals surface area contributed by atoms with Gasteiger partial charge in [-0.1, -0.05) is 30.3 Å². The number of carbonyl (C=O) groups is 2. The van der Waals surface area contributed by atoms with Gasteiger partial charge in [0.1, 0.15) is 11.6 Å². The largest absolute Gasteiger partial charge is 0.444 e. The van der Waals surface area contributed by atoms with Crippen LogP contribution in [0.25, 0.3) is 11.1 Å². The number of fused-ring (bicyclic) bond motifs is 1. The molecule has 1 atom stereocenters. The number of rotatable bonds is 4. The van der Waals surface area contributed by atoms with Crippen LogP contribution in [-0.2, 0) is 16.6 Å². The molecule has 8 heteroatoms. The van der Waals surface area contributed by atoms with E-state index in [4.69, 9.17) is 9.15 Å². The van der Waals surface area contributed by atoms with E-state index in [1.807, 2.05) is 6.07 Å². The van der Waals surface area contributed by atoms with Gasteiger partial charge in [-0.2, -0.15) is 0 Å². The molecular formula is C21H23N3O5. The maximum atomic E-state index is 12.9. The average Bonchev–Trinajstić information content (AvgIpc) is 2.92. The predicted octanol–water partition coefficient (Wildman–Crippen LogP) is 3.34. The van der Waals surface area contributed by atoms with Crippen molar-refractivity contribution in [1.29, 1.82) is 0 Å². The van der Waals surface area contributed by atoms with Crippen molar-refractivity contribution in [3.63, 3.8) is 0 Å². The summed E-state index contributed by atoms with van der Waals surface area (Å²) in [7, 11) is 1.60. The van der Waals surface area contributed by atoms with Crippen LogP contribution in [0.2, 0.25) is 0 Å². The molecule has 0 spiro atoms. The number of amides is 2. The van der Waals surface area contributed by atoms with Crippen molar-refractivity contribution in [3.05, 3.63) is 64.6 Å². The fraction of sp³-hybridized carbons (Fsp3) is 0.286. The first kappa shape index (κ1) is 20.2. The summed E-state index contributed by atoms with van der Waals surface area (Å²) in [5.74, 6) is -0.947. The summed E-state index contributed by atoms with van der Waals surface area (Å²) in [6.07, 6.45) is -0.703. The van der Waals surface area contributed by atoms with Crippen LogP contribution in [0.3, 0.4) is 0 Å². The van der Waals surface area contributed by atoms with Crippen molar-refractivity contribution in [2.24, 2.45) is 7.05 Å². The molecular weight excluding hydrogens is 374 g/mol. The van der Waals surface area contributed by atoms with Gasteiger partial charge in [0.05, 0.1) is 5.52 Å². The van der Waals surface area contributed by atoms with Gasteiger partial charge in [-0.05, 0) is 38.5 Å². The Hall–Kier alpha value is -3.55. The van der Waals surface area contributed by atoms with E-state index in [0.29, 0.717) is 22.4 Å². The van der Waals surface area contributed by atoms with Gasteiger partial charge in [0.15, 0.2) is 5.58 Å². The Labute approximate surface area is 167 Å². The highest BCUT2D eigenvalue weighted by Gasteiger charge is 2.26. The molecule has 3 rings (SSSR count). The summed E-state index contributed by atoms with van der Waals surface area (Å²) in [6, 6.07) is 12.8. The molecule has 0 aliphatic rings. The second kappa shape index (κ2) is 7.83. The highest BCUT2D eigenvalue weighted by atomic mass is 16.6. The minimum absolute atomic E-state index is 0.353. The normalized spacial score (nSPS) is 12.4. The van der Waals surface area contributed by atoms with Gasteiger partial charge >= 0.3 is 11.8 Å². The highest BCUT2D eigenvalue weighted by molar-refractivity contribution is 5.98. The van der Waals surface area contributed by atoms with Crippen molar-refractivity contribution in [3.8, 4) is 0 Å². The van der Waals surface area contributed by atoms with E-state index in [1.54, 1.807) is 70.3 Å². The van der Waals surface area contributed by atoms with Crippen molar-refractivity contribution in [2.45, 2.75) is 32.4 Å². The standard InChI is InChI=1S/C21H23N3O5/c1-21(2,3)29-19(26)23-17(13-8-6-5-7-9-13)18(25)22-14-10-11-15-16(12-14)28-20(27)24(15)4/h5-12,17H,1-4H3,(H,22,25)(H,23,26). The Morgan fingerprint density at radius 2 is 1.79 bits per heavy atom. The number of nitrogens with one attached hydrogen (secondary N) is 2. The third kappa shape index (κ3) is 4.84. The molecule has 0 bridgehead atoms. The lowest BCUT2D eigenvalue weighted by molar-refractivity contribution is -0.118. The van der Waals surface area contributed by atoms with Gasteiger partial charge in [0.2, 0.25) is 0 Å². The Kier molecular flexibility index (Phi) is 5.45. The molecule has 152 valence electrons. The number of carbonyl (C=O) groups excluding carboxylic acids is 2. The van der Waals surface area contributed by atoms with Crippen molar-refractivity contribution in [1.82, 2.24) is 9.88 Å². The van der Waals surface area contributed by atoms with Crippen LogP contribution in [-0.4, -0.2) is 22.2 Å². The minimum atomic E-state index is -0.968. The second-order valence-electron chi connectivity index (χ2n) is 7.59. The summed E-state index contributed by atoms with van der Waals surface area (Å²) in [5.41, 5.74) is 1.30. The summed E-state index contributed by atoms with van der Waals surface area (Å²) in [5, 5.41) is 5.36. The molecule has 1 heterocycles.